The molecule has 1 saturated carbocycles. The van der Waals surface area contributed by atoms with Gasteiger partial charge in [0.2, 0.25) is 0 Å². The molecule has 1 aromatic carbocycles. The zero-order valence-corrected chi connectivity index (χ0v) is 11.2. The van der Waals surface area contributed by atoms with Gasteiger partial charge in [0.25, 0.3) is 0 Å². The molecule has 100 valence electrons. The van der Waals surface area contributed by atoms with Crippen LogP contribution in [0.3, 0.4) is 0 Å². The van der Waals surface area contributed by atoms with Gasteiger partial charge in [0.15, 0.2) is 0 Å². The fourth-order valence-corrected chi connectivity index (χ4v) is 2.61. The topological polar surface area (TPSA) is 42.2 Å². The number of aromatic nitrogens is 1. The summed E-state index contributed by atoms with van der Waals surface area (Å²) in [6.07, 6.45) is 3.22. The zero-order chi connectivity index (χ0) is 13.4. The second-order valence-electron chi connectivity index (χ2n) is 5.69. The highest BCUT2D eigenvalue weighted by Gasteiger charge is 2.24. The maximum Gasteiger partial charge on any atom is 0.306 e. The van der Waals surface area contributed by atoms with Gasteiger partial charge in [-0.05, 0) is 36.3 Å². The van der Waals surface area contributed by atoms with Crippen molar-refractivity contribution in [2.75, 3.05) is 0 Å². The number of rotatable bonds is 5. The molecule has 1 unspecified atom stereocenters. The lowest BCUT2D eigenvalue weighted by atomic mass is 10.1. The molecule has 0 bridgehead atoms. The second-order valence-corrected chi connectivity index (χ2v) is 5.69. The third-order valence-electron chi connectivity index (χ3n) is 3.97. The average molecular weight is 257 g/mol. The number of carboxylic acid groups (broad SMARTS) is 1. The minimum atomic E-state index is -0.719. The van der Waals surface area contributed by atoms with E-state index in [-0.39, 0.29) is 5.92 Å². The van der Waals surface area contributed by atoms with E-state index >= 15 is 0 Å². The van der Waals surface area contributed by atoms with Gasteiger partial charge in [-0.25, -0.2) is 0 Å². The number of hydrogen-bond donors (Lipinski definition) is 1. The number of benzene rings is 1. The smallest absolute Gasteiger partial charge is 0.306 e. The first-order chi connectivity index (χ1) is 9.15. The molecule has 2 aromatic rings. The fourth-order valence-electron chi connectivity index (χ4n) is 2.61. The number of para-hydroxylation sites is 1. The van der Waals surface area contributed by atoms with Crippen molar-refractivity contribution in [1.82, 2.24) is 4.57 Å². The number of fused-ring (bicyclic) bond motifs is 1. The van der Waals surface area contributed by atoms with E-state index in [4.69, 9.17) is 5.11 Å². The fraction of sp³-hybridized carbons (Fsp3) is 0.438. The Hall–Kier alpha value is -1.77. The lowest BCUT2D eigenvalue weighted by molar-refractivity contribution is -0.141. The second kappa shape index (κ2) is 4.72. The Labute approximate surface area is 112 Å². The molecule has 1 aromatic heterocycles. The van der Waals surface area contributed by atoms with Crippen molar-refractivity contribution in [3.05, 3.63) is 36.0 Å². The molecule has 3 heteroatoms. The molecule has 19 heavy (non-hydrogen) atoms. The van der Waals surface area contributed by atoms with E-state index < -0.39 is 5.97 Å². The first kappa shape index (κ1) is 12.3. The van der Waals surface area contributed by atoms with Crippen molar-refractivity contribution in [3.8, 4) is 0 Å². The number of carbonyl (C=O) groups is 1. The lowest BCUT2D eigenvalue weighted by Gasteiger charge is -2.12. The van der Waals surface area contributed by atoms with Crippen molar-refractivity contribution >= 4 is 16.9 Å². The first-order valence-electron chi connectivity index (χ1n) is 6.95. The van der Waals surface area contributed by atoms with Gasteiger partial charge >= 0.3 is 5.97 Å². The van der Waals surface area contributed by atoms with Crippen molar-refractivity contribution in [2.24, 2.45) is 11.8 Å². The van der Waals surface area contributed by atoms with Gasteiger partial charge in [0.05, 0.1) is 5.92 Å². The van der Waals surface area contributed by atoms with Crippen LogP contribution in [0, 0.1) is 11.8 Å². The van der Waals surface area contributed by atoms with E-state index in [0.717, 1.165) is 18.2 Å². The van der Waals surface area contributed by atoms with Gasteiger partial charge in [0.1, 0.15) is 0 Å². The number of carboxylic acids is 1. The molecule has 0 radical (unpaired) electrons. The van der Waals surface area contributed by atoms with Crippen molar-refractivity contribution < 1.29 is 9.90 Å². The number of aliphatic carboxylic acids is 1. The summed E-state index contributed by atoms with van der Waals surface area (Å²) in [6.45, 7) is 2.82. The third-order valence-corrected chi connectivity index (χ3v) is 3.97. The molecule has 3 rings (SSSR count). The van der Waals surface area contributed by atoms with Crippen LogP contribution in [0.5, 0.6) is 0 Å². The molecule has 1 N–H and O–H groups in total. The predicted molar refractivity (Wildman–Crippen MR) is 75.2 cm³/mol. The van der Waals surface area contributed by atoms with Gasteiger partial charge in [-0.1, -0.05) is 25.1 Å². The zero-order valence-electron chi connectivity index (χ0n) is 11.2. The third kappa shape index (κ3) is 2.50. The molecule has 0 saturated heterocycles. The molecular formula is C16H19NO2. The molecule has 0 spiro atoms. The van der Waals surface area contributed by atoms with Gasteiger partial charge in [-0.15, -0.1) is 0 Å². The lowest BCUT2D eigenvalue weighted by Crippen LogP contribution is -2.15. The van der Waals surface area contributed by atoms with Crippen LogP contribution < -0.4 is 0 Å². The van der Waals surface area contributed by atoms with E-state index in [2.05, 4.69) is 28.8 Å². The number of nitrogens with zero attached hydrogens (tertiary/aromatic N) is 1. The van der Waals surface area contributed by atoms with E-state index in [9.17, 15) is 4.79 Å². The van der Waals surface area contributed by atoms with E-state index in [0.29, 0.717) is 6.42 Å². The molecular weight excluding hydrogens is 238 g/mol. The largest absolute Gasteiger partial charge is 0.481 e. The summed E-state index contributed by atoms with van der Waals surface area (Å²) in [7, 11) is 0. The van der Waals surface area contributed by atoms with Gasteiger partial charge in [-0.2, -0.15) is 0 Å². The quantitative estimate of drug-likeness (QED) is 0.892. The minimum absolute atomic E-state index is 0.331. The Morgan fingerprint density at radius 1 is 1.42 bits per heavy atom. The van der Waals surface area contributed by atoms with Crippen molar-refractivity contribution in [1.29, 1.82) is 0 Å². The van der Waals surface area contributed by atoms with Crippen molar-refractivity contribution in [2.45, 2.75) is 32.7 Å². The summed E-state index contributed by atoms with van der Waals surface area (Å²) in [4.78, 5) is 11.1. The van der Waals surface area contributed by atoms with Crippen molar-refractivity contribution in [3.63, 3.8) is 0 Å². The van der Waals surface area contributed by atoms with Gasteiger partial charge in [0, 0.05) is 24.2 Å². The molecule has 1 aliphatic carbocycles. The summed E-state index contributed by atoms with van der Waals surface area (Å²) < 4.78 is 2.33. The van der Waals surface area contributed by atoms with Crippen LogP contribution in [0.15, 0.2) is 30.3 Å². The van der Waals surface area contributed by atoms with Gasteiger partial charge < -0.3 is 9.67 Å². The first-order valence-corrected chi connectivity index (χ1v) is 6.95. The van der Waals surface area contributed by atoms with E-state index in [1.807, 2.05) is 6.07 Å². The van der Waals surface area contributed by atoms with Crippen LogP contribution in [-0.4, -0.2) is 15.6 Å². The molecule has 1 atom stereocenters. The summed E-state index contributed by atoms with van der Waals surface area (Å²) in [5.74, 6) is -0.264. The standard InChI is InChI=1S/C16H19NO2/c1-11(16(18)19)8-14-9-13-4-2-3-5-15(13)17(14)10-12-6-7-12/h2-5,9,11-12H,6-8,10H2,1H3,(H,18,19). The highest BCUT2D eigenvalue weighted by Crippen LogP contribution is 2.33. The molecule has 0 amide bonds. The Bertz CT molecular complexity index is 610. The number of hydrogen-bond acceptors (Lipinski definition) is 1. The van der Waals surface area contributed by atoms with Crippen LogP contribution in [0.2, 0.25) is 0 Å². The molecule has 1 fully saturated rings. The van der Waals surface area contributed by atoms with E-state index in [1.54, 1.807) is 6.92 Å². The van der Waals surface area contributed by atoms with Crippen LogP contribution >= 0.6 is 0 Å². The highest BCUT2D eigenvalue weighted by atomic mass is 16.4. The van der Waals surface area contributed by atoms with Gasteiger partial charge in [-0.3, -0.25) is 4.79 Å². The minimum Gasteiger partial charge on any atom is -0.481 e. The summed E-state index contributed by atoms with van der Waals surface area (Å²) >= 11 is 0. The molecule has 1 heterocycles. The summed E-state index contributed by atoms with van der Waals surface area (Å²) in [5, 5.41) is 10.3. The van der Waals surface area contributed by atoms with Crippen LogP contribution in [-0.2, 0) is 17.8 Å². The Morgan fingerprint density at radius 2 is 2.16 bits per heavy atom. The maximum atomic E-state index is 11.1. The monoisotopic (exact) mass is 257 g/mol. The molecule has 1 aliphatic rings. The Balaban J connectivity index is 1.98. The van der Waals surface area contributed by atoms with E-state index in [1.165, 1.54) is 23.7 Å². The molecule has 0 aliphatic heterocycles. The SMILES string of the molecule is CC(Cc1cc2ccccc2n1CC1CC1)C(=O)O. The average Bonchev–Trinajstić information content (AvgIpc) is 3.13. The van der Waals surface area contributed by atoms with Crippen LogP contribution in [0.25, 0.3) is 10.9 Å². The Morgan fingerprint density at radius 3 is 2.84 bits per heavy atom. The summed E-state index contributed by atoms with van der Waals surface area (Å²) in [6, 6.07) is 10.5. The Kier molecular flexibility index (Phi) is 3.05. The molecule has 3 nitrogen and oxygen atoms in total. The highest BCUT2D eigenvalue weighted by molar-refractivity contribution is 5.81. The maximum absolute atomic E-state index is 11.1. The predicted octanol–water partition coefficient (Wildman–Crippen LogP) is 3.31. The summed E-state index contributed by atoms with van der Waals surface area (Å²) in [5.41, 5.74) is 2.39. The van der Waals surface area contributed by atoms with Crippen LogP contribution in [0.4, 0.5) is 0 Å². The van der Waals surface area contributed by atoms with Crippen LogP contribution in [0.1, 0.15) is 25.5 Å². The normalized spacial score (nSPS) is 16.7.